The molecule has 1 aromatic carbocycles. The predicted octanol–water partition coefficient (Wildman–Crippen LogP) is -0.429. The molecule has 0 radical (unpaired) electrons. The molecule has 5 amide bonds. The van der Waals surface area contributed by atoms with Crippen LogP contribution in [-0.4, -0.2) is 76.3 Å². The maximum atomic E-state index is 12.3. The molecule has 2 aliphatic rings. The smallest absolute Gasteiger partial charge is 0.337 e. The number of carboxylic acids is 1. The zero-order valence-corrected chi connectivity index (χ0v) is 18.6. The second-order valence-electron chi connectivity index (χ2n) is 7.80. The molecule has 3 rings (SSSR count). The summed E-state index contributed by atoms with van der Waals surface area (Å²) in [6.07, 6.45) is 1.96. The number of nitrogens with two attached hydrogens (primary N) is 1. The molecule has 0 saturated carbocycles. The van der Waals surface area contributed by atoms with Crippen LogP contribution < -0.4 is 16.4 Å². The number of carbonyl (C=O) groups excluding carboxylic acids is 5. The molecule has 5 N–H and O–H groups in total. The zero-order chi connectivity index (χ0) is 25.1. The number of primary amides is 1. The number of amides is 5. The van der Waals surface area contributed by atoms with Crippen LogP contribution in [0.3, 0.4) is 0 Å². The van der Waals surface area contributed by atoms with Crippen molar-refractivity contribution in [3.05, 3.63) is 35.9 Å². The van der Waals surface area contributed by atoms with Crippen LogP contribution >= 0.6 is 0 Å². The first kappa shape index (κ1) is 26.3. The fourth-order valence-corrected chi connectivity index (χ4v) is 3.57. The summed E-state index contributed by atoms with van der Waals surface area (Å²) < 4.78 is 0. The van der Waals surface area contributed by atoms with Crippen molar-refractivity contribution in [2.45, 2.75) is 50.6 Å². The second kappa shape index (κ2) is 12.9. The van der Waals surface area contributed by atoms with E-state index in [1.807, 2.05) is 30.3 Å². The molecule has 1 aromatic rings. The SMILES string of the molecule is NC(=O)CCc1ccccc1.O=CC(CC(=O)O)NC(=O)C1CCCN2C(=O)CCNC(=O)N12. The van der Waals surface area contributed by atoms with Gasteiger partial charge in [-0.3, -0.25) is 19.2 Å². The zero-order valence-electron chi connectivity index (χ0n) is 18.6. The van der Waals surface area contributed by atoms with Crippen LogP contribution in [0.4, 0.5) is 4.79 Å². The van der Waals surface area contributed by atoms with E-state index in [0.29, 0.717) is 32.1 Å². The Kier molecular flexibility index (Phi) is 9.99. The van der Waals surface area contributed by atoms with Crippen molar-refractivity contribution in [1.29, 1.82) is 0 Å². The molecule has 2 saturated heterocycles. The van der Waals surface area contributed by atoms with Gasteiger partial charge in [-0.05, 0) is 24.8 Å². The third-order valence-corrected chi connectivity index (χ3v) is 5.21. The van der Waals surface area contributed by atoms with Crippen molar-refractivity contribution < 1.29 is 33.9 Å². The largest absolute Gasteiger partial charge is 0.481 e. The van der Waals surface area contributed by atoms with E-state index >= 15 is 0 Å². The minimum atomic E-state index is -1.23. The first-order chi connectivity index (χ1) is 16.2. The highest BCUT2D eigenvalue weighted by molar-refractivity contribution is 5.92. The third-order valence-electron chi connectivity index (χ3n) is 5.21. The summed E-state index contributed by atoms with van der Waals surface area (Å²) in [5.74, 6) is -2.39. The van der Waals surface area contributed by atoms with Gasteiger partial charge in [-0.2, -0.15) is 0 Å². The highest BCUT2D eigenvalue weighted by atomic mass is 16.4. The van der Waals surface area contributed by atoms with Crippen molar-refractivity contribution in [1.82, 2.24) is 20.7 Å². The number of hydrazine groups is 1. The first-order valence-corrected chi connectivity index (χ1v) is 10.9. The van der Waals surface area contributed by atoms with Gasteiger partial charge < -0.3 is 26.3 Å². The molecular formula is C22H29N5O7. The highest BCUT2D eigenvalue weighted by Crippen LogP contribution is 2.21. The van der Waals surface area contributed by atoms with E-state index in [1.54, 1.807) is 0 Å². The Morgan fingerprint density at radius 1 is 1.24 bits per heavy atom. The highest BCUT2D eigenvalue weighted by Gasteiger charge is 2.41. The van der Waals surface area contributed by atoms with Gasteiger partial charge in [0.25, 0.3) is 0 Å². The first-order valence-electron chi connectivity index (χ1n) is 10.9. The normalized spacial score (nSPS) is 18.3. The lowest BCUT2D eigenvalue weighted by Crippen LogP contribution is -2.63. The van der Waals surface area contributed by atoms with E-state index in [-0.39, 0.29) is 24.8 Å². The summed E-state index contributed by atoms with van der Waals surface area (Å²) in [7, 11) is 0. The minimum absolute atomic E-state index is 0.145. The van der Waals surface area contributed by atoms with Crippen LogP contribution in [0.2, 0.25) is 0 Å². The third kappa shape index (κ3) is 7.87. The van der Waals surface area contributed by atoms with Crippen LogP contribution in [0.1, 0.15) is 37.7 Å². The van der Waals surface area contributed by atoms with Gasteiger partial charge in [0, 0.05) is 25.9 Å². The van der Waals surface area contributed by atoms with Gasteiger partial charge in [0.1, 0.15) is 12.3 Å². The van der Waals surface area contributed by atoms with Crippen LogP contribution in [0.25, 0.3) is 0 Å². The van der Waals surface area contributed by atoms with Gasteiger partial charge in [0.15, 0.2) is 0 Å². The van der Waals surface area contributed by atoms with Crippen LogP contribution in [0.5, 0.6) is 0 Å². The summed E-state index contributed by atoms with van der Waals surface area (Å²) in [6.45, 7) is 0.525. The number of rotatable bonds is 8. The van der Waals surface area contributed by atoms with Gasteiger partial charge in [-0.1, -0.05) is 30.3 Å². The van der Waals surface area contributed by atoms with E-state index in [4.69, 9.17) is 10.8 Å². The average Bonchev–Trinajstić information content (AvgIpc) is 2.96. The molecule has 2 fully saturated rings. The quantitative estimate of drug-likeness (QED) is 0.368. The number of fused-ring (bicyclic) bond motifs is 1. The number of nitrogens with zero attached hydrogens (tertiary/aromatic N) is 2. The number of hydrogen-bond donors (Lipinski definition) is 4. The molecule has 0 bridgehead atoms. The number of nitrogens with one attached hydrogen (secondary N) is 2. The lowest BCUT2D eigenvalue weighted by molar-refractivity contribution is -0.155. The van der Waals surface area contributed by atoms with Crippen molar-refractivity contribution in [2.24, 2.45) is 5.73 Å². The molecule has 12 nitrogen and oxygen atoms in total. The predicted molar refractivity (Wildman–Crippen MR) is 119 cm³/mol. The van der Waals surface area contributed by atoms with Gasteiger partial charge >= 0.3 is 12.0 Å². The van der Waals surface area contributed by atoms with E-state index in [9.17, 15) is 28.8 Å². The Labute approximate surface area is 196 Å². The fraction of sp³-hybridized carbons (Fsp3) is 0.455. The van der Waals surface area contributed by atoms with E-state index in [0.717, 1.165) is 17.0 Å². The monoisotopic (exact) mass is 475 g/mol. The van der Waals surface area contributed by atoms with Crippen molar-refractivity contribution >= 4 is 36.0 Å². The molecule has 184 valence electrons. The van der Waals surface area contributed by atoms with E-state index < -0.39 is 36.4 Å². The fourth-order valence-electron chi connectivity index (χ4n) is 3.57. The van der Waals surface area contributed by atoms with E-state index in [1.165, 1.54) is 5.01 Å². The molecule has 0 aliphatic carbocycles. The Hall–Kier alpha value is -3.96. The summed E-state index contributed by atoms with van der Waals surface area (Å²) in [4.78, 5) is 68.4. The Bertz CT molecular complexity index is 908. The summed E-state index contributed by atoms with van der Waals surface area (Å²) in [5.41, 5.74) is 6.16. The standard InChI is InChI=1S/C13H18N4O6.C9H11NO/c18-7-8(6-11(20)21)15-12(22)9-2-1-5-16-10(19)3-4-14-13(23)17(9)16;10-9(11)7-6-8-4-2-1-3-5-8/h7-9H,1-6H2,(H,14,23)(H,15,22)(H,20,21);1-5H,6-7H2,(H2,10,11). The average molecular weight is 476 g/mol. The lowest BCUT2D eigenvalue weighted by atomic mass is 10.1. The molecule has 2 atom stereocenters. The number of benzene rings is 1. The molecule has 0 aromatic heterocycles. The molecule has 12 heteroatoms. The molecule has 2 unspecified atom stereocenters. The van der Waals surface area contributed by atoms with Crippen molar-refractivity contribution in [2.75, 3.05) is 13.1 Å². The Morgan fingerprint density at radius 3 is 2.56 bits per heavy atom. The topological polar surface area (TPSA) is 179 Å². The van der Waals surface area contributed by atoms with Gasteiger partial charge in [-0.15, -0.1) is 0 Å². The molecule has 2 aliphatic heterocycles. The second-order valence-corrected chi connectivity index (χ2v) is 7.80. The molecule has 2 heterocycles. The van der Waals surface area contributed by atoms with Crippen LogP contribution in [-0.2, 0) is 30.4 Å². The lowest BCUT2D eigenvalue weighted by Gasteiger charge is -2.41. The summed E-state index contributed by atoms with van der Waals surface area (Å²) in [6, 6.07) is 7.14. The maximum absolute atomic E-state index is 12.3. The Morgan fingerprint density at radius 2 is 1.94 bits per heavy atom. The summed E-state index contributed by atoms with van der Waals surface area (Å²) in [5, 5.41) is 15.9. The molecular weight excluding hydrogens is 446 g/mol. The molecule has 34 heavy (non-hydrogen) atoms. The number of carbonyl (C=O) groups is 6. The van der Waals surface area contributed by atoms with Gasteiger partial charge in [0.2, 0.25) is 17.7 Å². The number of aldehydes is 1. The maximum Gasteiger partial charge on any atom is 0.337 e. The number of hydrogen-bond acceptors (Lipinski definition) is 6. The number of urea groups is 1. The minimum Gasteiger partial charge on any atom is -0.481 e. The van der Waals surface area contributed by atoms with E-state index in [2.05, 4.69) is 10.6 Å². The van der Waals surface area contributed by atoms with Crippen molar-refractivity contribution in [3.63, 3.8) is 0 Å². The van der Waals surface area contributed by atoms with Crippen molar-refractivity contribution in [3.8, 4) is 0 Å². The van der Waals surface area contributed by atoms with Gasteiger partial charge in [-0.25, -0.2) is 14.8 Å². The Balaban J connectivity index is 0.000000310. The van der Waals surface area contributed by atoms with Crippen LogP contribution in [0.15, 0.2) is 30.3 Å². The van der Waals surface area contributed by atoms with Crippen LogP contribution in [0, 0.1) is 0 Å². The number of carboxylic acid groups (broad SMARTS) is 1. The van der Waals surface area contributed by atoms with Gasteiger partial charge in [0.05, 0.1) is 12.5 Å². The number of aryl methyl sites for hydroxylation is 1. The number of aliphatic carboxylic acids is 1. The molecule has 0 spiro atoms. The summed E-state index contributed by atoms with van der Waals surface area (Å²) >= 11 is 0.